The third-order valence-corrected chi connectivity index (χ3v) is 2.96. The van der Waals surface area contributed by atoms with E-state index in [0.717, 1.165) is 24.8 Å². The van der Waals surface area contributed by atoms with E-state index < -0.39 is 8.25 Å². The molecular formula is C13H19O3P. The molecule has 0 aromatic heterocycles. The average Bonchev–Trinajstić information content (AvgIpc) is 2.36. The van der Waals surface area contributed by atoms with Gasteiger partial charge in [0.1, 0.15) is 0 Å². The first-order valence-corrected chi connectivity index (χ1v) is 7.10. The van der Waals surface area contributed by atoms with Gasteiger partial charge >= 0.3 is 8.25 Å². The maximum Gasteiger partial charge on any atom is 0.367 e. The van der Waals surface area contributed by atoms with Crippen LogP contribution >= 0.6 is 8.25 Å². The first-order valence-electron chi connectivity index (χ1n) is 5.88. The highest BCUT2D eigenvalue weighted by Crippen LogP contribution is 2.24. The fourth-order valence-electron chi connectivity index (χ4n) is 1.27. The third-order valence-electron chi connectivity index (χ3n) is 2.19. The minimum atomic E-state index is -2.38. The van der Waals surface area contributed by atoms with Gasteiger partial charge in [0.25, 0.3) is 0 Å². The summed E-state index contributed by atoms with van der Waals surface area (Å²) >= 11 is 0. The second kappa shape index (κ2) is 9.03. The molecule has 0 aliphatic rings. The Hall–Kier alpha value is -1.05. The molecule has 0 aliphatic heterocycles. The number of rotatable bonds is 8. The molecule has 1 aromatic rings. The van der Waals surface area contributed by atoms with E-state index in [4.69, 9.17) is 9.05 Å². The lowest BCUT2D eigenvalue weighted by atomic mass is 10.2. The van der Waals surface area contributed by atoms with E-state index in [1.165, 1.54) is 6.26 Å². The molecular weight excluding hydrogens is 235 g/mol. The van der Waals surface area contributed by atoms with Gasteiger partial charge in [-0.1, -0.05) is 50.1 Å². The average molecular weight is 254 g/mol. The molecule has 1 aromatic carbocycles. The highest BCUT2D eigenvalue weighted by molar-refractivity contribution is 7.33. The fourth-order valence-corrected chi connectivity index (χ4v) is 1.83. The smallest absolute Gasteiger partial charge is 0.367 e. The van der Waals surface area contributed by atoms with Crippen LogP contribution in [0.1, 0.15) is 31.7 Å². The van der Waals surface area contributed by atoms with Gasteiger partial charge in [-0.05, 0) is 18.1 Å². The van der Waals surface area contributed by atoms with Crippen LogP contribution in [0.5, 0.6) is 0 Å². The molecule has 1 rings (SSSR count). The van der Waals surface area contributed by atoms with Gasteiger partial charge in [-0.25, -0.2) is 4.57 Å². The van der Waals surface area contributed by atoms with Crippen LogP contribution < -0.4 is 0 Å². The lowest BCUT2D eigenvalue weighted by Crippen LogP contribution is -1.86. The van der Waals surface area contributed by atoms with Gasteiger partial charge in [-0.2, -0.15) is 0 Å². The summed E-state index contributed by atoms with van der Waals surface area (Å²) in [4.78, 5) is 0. The van der Waals surface area contributed by atoms with E-state index >= 15 is 0 Å². The van der Waals surface area contributed by atoms with Gasteiger partial charge in [0.2, 0.25) is 0 Å². The molecule has 1 atom stereocenters. The zero-order chi connectivity index (χ0) is 12.3. The summed E-state index contributed by atoms with van der Waals surface area (Å²) in [5.41, 5.74) is 1.01. The predicted molar refractivity (Wildman–Crippen MR) is 71.0 cm³/mol. The van der Waals surface area contributed by atoms with Crippen molar-refractivity contribution in [3.8, 4) is 0 Å². The van der Waals surface area contributed by atoms with Crippen LogP contribution in [0.2, 0.25) is 0 Å². The normalized spacial score (nSPS) is 12.8. The Balaban J connectivity index is 2.17. The molecule has 0 saturated heterocycles. The van der Waals surface area contributed by atoms with E-state index in [0.29, 0.717) is 6.61 Å². The molecule has 0 fully saturated rings. The van der Waals surface area contributed by atoms with E-state index in [1.54, 1.807) is 6.08 Å². The first-order chi connectivity index (χ1) is 8.33. The number of hydrogen-bond donors (Lipinski definition) is 0. The van der Waals surface area contributed by atoms with E-state index in [2.05, 4.69) is 6.92 Å². The van der Waals surface area contributed by atoms with Crippen LogP contribution in [0.15, 0.2) is 36.6 Å². The minimum Gasteiger partial charge on any atom is -0.434 e. The molecule has 0 spiro atoms. The van der Waals surface area contributed by atoms with Gasteiger partial charge in [0.15, 0.2) is 0 Å². The van der Waals surface area contributed by atoms with Crippen molar-refractivity contribution in [3.63, 3.8) is 0 Å². The molecule has 1 unspecified atom stereocenters. The molecule has 0 bridgehead atoms. The van der Waals surface area contributed by atoms with Crippen LogP contribution in [-0.4, -0.2) is 6.61 Å². The highest BCUT2D eigenvalue weighted by atomic mass is 31.1. The predicted octanol–water partition coefficient (Wildman–Crippen LogP) is 4.27. The quantitative estimate of drug-likeness (QED) is 0.395. The van der Waals surface area contributed by atoms with Crippen molar-refractivity contribution in [3.05, 3.63) is 42.2 Å². The van der Waals surface area contributed by atoms with Crippen molar-refractivity contribution in [2.75, 3.05) is 6.61 Å². The van der Waals surface area contributed by atoms with Gasteiger partial charge in [0, 0.05) is 0 Å². The van der Waals surface area contributed by atoms with Crippen LogP contribution in [0, 0.1) is 0 Å². The zero-order valence-corrected chi connectivity index (χ0v) is 11.1. The van der Waals surface area contributed by atoms with Crippen LogP contribution in [-0.2, 0) is 13.6 Å². The topological polar surface area (TPSA) is 35.5 Å². The standard InChI is InChI=1S/C13H19O3P/c1-2-3-7-11-15-17(14)16-12-10-13-8-5-4-6-9-13/h4-6,8-10,12,17H,2-3,7,11H2,1H3. The molecule has 3 nitrogen and oxygen atoms in total. The Labute approximate surface area is 103 Å². The van der Waals surface area contributed by atoms with E-state index in [9.17, 15) is 4.57 Å². The molecule has 94 valence electrons. The van der Waals surface area contributed by atoms with Crippen LogP contribution in [0.4, 0.5) is 0 Å². The molecule has 0 radical (unpaired) electrons. The van der Waals surface area contributed by atoms with Crippen molar-refractivity contribution in [1.29, 1.82) is 0 Å². The SMILES string of the molecule is CCCCCO[PH](=O)OC=Cc1ccccc1. The molecule has 0 saturated carbocycles. The van der Waals surface area contributed by atoms with Crippen LogP contribution in [0.3, 0.4) is 0 Å². The number of unbranched alkanes of at least 4 members (excludes halogenated alkanes) is 2. The Kier molecular flexibility index (Phi) is 7.44. The Bertz CT molecular complexity index is 349. The minimum absolute atomic E-state index is 0.505. The molecule has 4 heteroatoms. The summed E-state index contributed by atoms with van der Waals surface area (Å²) < 4.78 is 21.3. The monoisotopic (exact) mass is 254 g/mol. The largest absolute Gasteiger partial charge is 0.434 e. The van der Waals surface area contributed by atoms with Crippen molar-refractivity contribution in [2.24, 2.45) is 0 Å². The van der Waals surface area contributed by atoms with Crippen molar-refractivity contribution in [2.45, 2.75) is 26.2 Å². The molecule has 0 aliphatic carbocycles. The zero-order valence-electron chi connectivity index (χ0n) is 10.1. The summed E-state index contributed by atoms with van der Waals surface area (Å²) in [6.07, 6.45) is 6.33. The molecule has 17 heavy (non-hydrogen) atoms. The molecule has 0 heterocycles. The summed E-state index contributed by atoms with van der Waals surface area (Å²) in [6.45, 7) is 2.62. The number of benzene rings is 1. The summed E-state index contributed by atoms with van der Waals surface area (Å²) in [7, 11) is -2.38. The Morgan fingerprint density at radius 1 is 1.24 bits per heavy atom. The summed E-state index contributed by atoms with van der Waals surface area (Å²) in [6, 6.07) is 9.70. The third kappa shape index (κ3) is 6.98. The summed E-state index contributed by atoms with van der Waals surface area (Å²) in [5.74, 6) is 0. The molecule has 0 N–H and O–H groups in total. The summed E-state index contributed by atoms with van der Waals surface area (Å²) in [5, 5.41) is 0. The maximum atomic E-state index is 11.3. The lowest BCUT2D eigenvalue weighted by molar-refractivity contribution is 0.266. The maximum absolute atomic E-state index is 11.3. The fraction of sp³-hybridized carbons (Fsp3) is 0.385. The van der Waals surface area contributed by atoms with Gasteiger partial charge in [-0.3, -0.25) is 0 Å². The number of hydrogen-bond acceptors (Lipinski definition) is 3. The van der Waals surface area contributed by atoms with Crippen molar-refractivity contribution < 1.29 is 13.6 Å². The highest BCUT2D eigenvalue weighted by Gasteiger charge is 1.96. The lowest BCUT2D eigenvalue weighted by Gasteiger charge is -2.02. The van der Waals surface area contributed by atoms with Crippen LogP contribution in [0.25, 0.3) is 6.08 Å². The van der Waals surface area contributed by atoms with E-state index in [-0.39, 0.29) is 0 Å². The molecule has 0 amide bonds. The first kappa shape index (κ1) is 14.0. The van der Waals surface area contributed by atoms with E-state index in [1.807, 2.05) is 30.3 Å². The Morgan fingerprint density at radius 3 is 2.71 bits per heavy atom. The Morgan fingerprint density at radius 2 is 2.00 bits per heavy atom. The van der Waals surface area contributed by atoms with Crippen molar-refractivity contribution in [1.82, 2.24) is 0 Å². The second-order valence-corrected chi connectivity index (χ2v) is 4.66. The van der Waals surface area contributed by atoms with Gasteiger partial charge in [-0.15, -0.1) is 0 Å². The van der Waals surface area contributed by atoms with Gasteiger partial charge < -0.3 is 9.05 Å². The van der Waals surface area contributed by atoms with Gasteiger partial charge in [0.05, 0.1) is 12.9 Å². The second-order valence-electron chi connectivity index (χ2n) is 3.64. The van der Waals surface area contributed by atoms with Crippen molar-refractivity contribution >= 4 is 14.3 Å².